The lowest BCUT2D eigenvalue weighted by Crippen LogP contribution is -2.57. The second kappa shape index (κ2) is 6.21. The van der Waals surface area contributed by atoms with E-state index in [1.807, 2.05) is 0 Å². The number of ether oxygens (including phenoxy) is 1. The summed E-state index contributed by atoms with van der Waals surface area (Å²) in [6.07, 6.45) is -2.96. The van der Waals surface area contributed by atoms with Gasteiger partial charge in [-0.05, 0) is 18.6 Å². The summed E-state index contributed by atoms with van der Waals surface area (Å²) < 4.78 is 45.2. The highest BCUT2D eigenvalue weighted by Gasteiger charge is 2.38. The van der Waals surface area contributed by atoms with Crippen LogP contribution in [0.3, 0.4) is 0 Å². The second-order valence-corrected chi connectivity index (χ2v) is 6.12. The van der Waals surface area contributed by atoms with E-state index in [4.69, 9.17) is 9.84 Å². The van der Waals surface area contributed by atoms with E-state index in [1.54, 1.807) is 0 Å². The van der Waals surface area contributed by atoms with Crippen molar-refractivity contribution in [2.24, 2.45) is 0 Å². The van der Waals surface area contributed by atoms with E-state index < -0.39 is 29.0 Å². The fourth-order valence-electron chi connectivity index (χ4n) is 3.29. The zero-order valence-corrected chi connectivity index (χ0v) is 12.8. The molecule has 4 rings (SSSR count). The number of carboxylic acid groups (broad SMARTS) is 1. The molecule has 3 aliphatic heterocycles. The van der Waals surface area contributed by atoms with Crippen LogP contribution in [0.2, 0.25) is 0 Å². The number of hydrogen-bond acceptors (Lipinski definition) is 4. The fourth-order valence-corrected chi connectivity index (χ4v) is 3.29. The Hall–Kier alpha value is -1.87. The van der Waals surface area contributed by atoms with Crippen molar-refractivity contribution < 1.29 is 27.8 Å². The van der Waals surface area contributed by atoms with Gasteiger partial charge in [-0.3, -0.25) is 9.69 Å². The summed E-state index contributed by atoms with van der Waals surface area (Å²) in [7, 11) is 0. The molecule has 0 aliphatic carbocycles. The number of hydrogen-bond donors (Lipinski definition) is 1. The van der Waals surface area contributed by atoms with Crippen LogP contribution in [0, 0.1) is 0 Å². The van der Waals surface area contributed by atoms with Crippen molar-refractivity contribution >= 4 is 5.97 Å². The van der Waals surface area contributed by atoms with Gasteiger partial charge >= 0.3 is 12.1 Å². The molecule has 0 aromatic carbocycles. The number of rotatable bonds is 5. The van der Waals surface area contributed by atoms with Gasteiger partial charge in [0.15, 0.2) is 0 Å². The van der Waals surface area contributed by atoms with Gasteiger partial charge < -0.3 is 14.4 Å². The Labute approximate surface area is 135 Å². The van der Waals surface area contributed by atoms with Gasteiger partial charge in [-0.1, -0.05) is 0 Å². The van der Waals surface area contributed by atoms with Gasteiger partial charge in [0.2, 0.25) is 0 Å². The smallest absolute Gasteiger partial charge is 0.431 e. The summed E-state index contributed by atoms with van der Waals surface area (Å²) in [5, 5.41) is 8.93. The van der Waals surface area contributed by atoms with Gasteiger partial charge in [0.1, 0.15) is 11.3 Å². The van der Waals surface area contributed by atoms with Crippen molar-refractivity contribution in [2.45, 2.75) is 37.8 Å². The lowest BCUT2D eigenvalue weighted by atomic mass is 9.99. The molecule has 0 radical (unpaired) electrons. The first-order valence-corrected chi connectivity index (χ1v) is 7.68. The third-order valence-electron chi connectivity index (χ3n) is 4.39. The van der Waals surface area contributed by atoms with E-state index in [-0.39, 0.29) is 18.8 Å². The molecule has 3 saturated heterocycles. The second-order valence-electron chi connectivity index (χ2n) is 6.12. The molecule has 4 heterocycles. The van der Waals surface area contributed by atoms with Crippen LogP contribution in [0.5, 0.6) is 0 Å². The number of carboxylic acids is 1. The van der Waals surface area contributed by atoms with Crippen LogP contribution in [0.25, 0.3) is 0 Å². The van der Waals surface area contributed by atoms with Crippen molar-refractivity contribution in [3.8, 4) is 0 Å². The molecule has 0 saturated carbocycles. The first kappa shape index (κ1) is 17.0. The Morgan fingerprint density at radius 3 is 2.42 bits per heavy atom. The highest BCUT2D eigenvalue weighted by molar-refractivity contribution is 5.87. The monoisotopic (exact) mass is 346 g/mol. The lowest BCUT2D eigenvalue weighted by molar-refractivity contribution is -0.180. The van der Waals surface area contributed by atoms with Crippen LogP contribution < -0.4 is 5.56 Å². The minimum Gasteiger partial charge on any atom is -0.477 e. The number of morpholine rings is 1. The highest BCUT2D eigenvalue weighted by Crippen LogP contribution is 2.29. The van der Waals surface area contributed by atoms with Crippen LogP contribution in [-0.2, 0) is 17.5 Å². The molecule has 9 heteroatoms. The molecule has 1 aromatic heterocycles. The van der Waals surface area contributed by atoms with Gasteiger partial charge in [-0.25, -0.2) is 4.79 Å². The quantitative estimate of drug-likeness (QED) is 0.873. The third kappa shape index (κ3) is 3.32. The van der Waals surface area contributed by atoms with E-state index in [0.29, 0.717) is 29.7 Å². The Bertz CT molecular complexity index is 685. The standard InChI is InChI=1S/C15H17F3N2O4/c16-15(17,18)12-3-2-11(14(22)23)13(21)20(12)5-1-4-19-7-9-6-10(8-19)24-9/h2-3,9-10H,1,4-8H2,(H,22,23). The highest BCUT2D eigenvalue weighted by atomic mass is 19.4. The van der Waals surface area contributed by atoms with E-state index in [2.05, 4.69) is 4.90 Å². The first-order chi connectivity index (χ1) is 11.3. The van der Waals surface area contributed by atoms with E-state index in [1.165, 1.54) is 0 Å². The normalized spacial score (nSPS) is 23.8. The molecular formula is C15H17F3N2O4. The number of alkyl halides is 3. The number of nitrogens with zero attached hydrogens (tertiary/aromatic N) is 2. The van der Waals surface area contributed by atoms with Crippen LogP contribution in [0.4, 0.5) is 13.2 Å². The van der Waals surface area contributed by atoms with Gasteiger partial charge in [0.05, 0.1) is 12.2 Å². The summed E-state index contributed by atoms with van der Waals surface area (Å²) in [5.74, 6) is -1.53. The predicted molar refractivity (Wildman–Crippen MR) is 77.0 cm³/mol. The molecule has 0 spiro atoms. The summed E-state index contributed by atoms with van der Waals surface area (Å²) in [6.45, 7) is 1.85. The molecule has 132 valence electrons. The summed E-state index contributed by atoms with van der Waals surface area (Å²) in [4.78, 5) is 25.1. The average molecular weight is 346 g/mol. The molecule has 2 bridgehead atoms. The topological polar surface area (TPSA) is 71.8 Å². The number of halogens is 3. The van der Waals surface area contributed by atoms with Crippen LogP contribution in [0.15, 0.2) is 16.9 Å². The minimum absolute atomic E-state index is 0.179. The molecule has 24 heavy (non-hydrogen) atoms. The molecule has 3 aliphatic rings. The molecular weight excluding hydrogens is 329 g/mol. The molecule has 6 nitrogen and oxygen atoms in total. The number of aromatic nitrogens is 1. The Morgan fingerprint density at radius 2 is 1.88 bits per heavy atom. The SMILES string of the molecule is O=C(O)c1ccc(C(F)(F)F)n(CCCN2CC3CC(C2)O3)c1=O. The van der Waals surface area contributed by atoms with Crippen molar-refractivity contribution in [2.75, 3.05) is 19.6 Å². The largest absolute Gasteiger partial charge is 0.477 e. The Morgan fingerprint density at radius 1 is 1.25 bits per heavy atom. The number of carbonyl (C=O) groups is 1. The van der Waals surface area contributed by atoms with Crippen LogP contribution in [0.1, 0.15) is 28.9 Å². The molecule has 0 amide bonds. The summed E-state index contributed by atoms with van der Waals surface area (Å²) in [6, 6.07) is 1.36. The third-order valence-corrected chi connectivity index (χ3v) is 4.39. The van der Waals surface area contributed by atoms with Crippen molar-refractivity contribution in [1.82, 2.24) is 9.47 Å². The van der Waals surface area contributed by atoms with E-state index >= 15 is 0 Å². The Balaban J connectivity index is 1.73. The zero-order chi connectivity index (χ0) is 17.5. The number of aromatic carboxylic acids is 1. The number of piperidine rings is 1. The van der Waals surface area contributed by atoms with Crippen molar-refractivity contribution in [1.29, 1.82) is 0 Å². The maximum Gasteiger partial charge on any atom is 0.431 e. The van der Waals surface area contributed by atoms with Crippen molar-refractivity contribution in [3.63, 3.8) is 0 Å². The van der Waals surface area contributed by atoms with Gasteiger partial charge in [0, 0.05) is 32.6 Å². The number of fused-ring (bicyclic) bond motifs is 2. The lowest BCUT2D eigenvalue weighted by Gasteiger charge is -2.47. The van der Waals surface area contributed by atoms with Gasteiger partial charge in [0.25, 0.3) is 5.56 Å². The van der Waals surface area contributed by atoms with Crippen LogP contribution >= 0.6 is 0 Å². The van der Waals surface area contributed by atoms with Gasteiger partial charge in [-0.15, -0.1) is 0 Å². The number of pyridine rings is 1. The molecule has 3 fully saturated rings. The van der Waals surface area contributed by atoms with E-state index in [0.717, 1.165) is 19.5 Å². The summed E-state index contributed by atoms with van der Waals surface area (Å²) >= 11 is 0. The van der Waals surface area contributed by atoms with Crippen molar-refractivity contribution in [3.05, 3.63) is 33.7 Å². The molecule has 2 atom stereocenters. The molecule has 2 unspecified atom stereocenters. The Kier molecular flexibility index (Phi) is 4.39. The minimum atomic E-state index is -4.71. The predicted octanol–water partition coefficient (Wildman–Crippen LogP) is 1.43. The first-order valence-electron chi connectivity index (χ1n) is 7.68. The zero-order valence-electron chi connectivity index (χ0n) is 12.8. The fraction of sp³-hybridized carbons (Fsp3) is 0.600. The maximum absolute atomic E-state index is 13.1. The maximum atomic E-state index is 13.1. The van der Waals surface area contributed by atoms with E-state index in [9.17, 15) is 22.8 Å². The molecule has 1 aromatic rings. The summed E-state index contributed by atoms with van der Waals surface area (Å²) in [5.41, 5.74) is -2.90. The average Bonchev–Trinajstić information content (AvgIpc) is 2.46. The van der Waals surface area contributed by atoms with Crippen LogP contribution in [-0.4, -0.2) is 52.4 Å². The molecule has 1 N–H and O–H groups in total. The van der Waals surface area contributed by atoms with Gasteiger partial charge in [-0.2, -0.15) is 13.2 Å².